The van der Waals surface area contributed by atoms with E-state index in [1.807, 2.05) is 20.8 Å². The van der Waals surface area contributed by atoms with Gasteiger partial charge in [0.05, 0.1) is 5.39 Å². The van der Waals surface area contributed by atoms with Crippen molar-refractivity contribution in [2.45, 2.75) is 77.7 Å². The van der Waals surface area contributed by atoms with Crippen LogP contribution in [0.3, 0.4) is 0 Å². The Morgan fingerprint density at radius 1 is 1.33 bits per heavy atom. The average Bonchev–Trinajstić information content (AvgIpc) is 2.99. The van der Waals surface area contributed by atoms with Gasteiger partial charge in [0, 0.05) is 40.0 Å². The molecule has 1 amide bonds. The van der Waals surface area contributed by atoms with Crippen LogP contribution in [0, 0.1) is 5.82 Å². The predicted molar refractivity (Wildman–Crippen MR) is 131 cm³/mol. The second-order valence-electron chi connectivity index (χ2n) is 10.7. The molecule has 2 aromatic rings. The maximum atomic E-state index is 14.9. The molecule has 11 heteroatoms. The van der Waals surface area contributed by atoms with Crippen LogP contribution in [0.4, 0.5) is 15.0 Å². The summed E-state index contributed by atoms with van der Waals surface area (Å²) in [6.45, 7) is 14.2. The van der Waals surface area contributed by atoms with Crippen molar-refractivity contribution in [1.29, 1.82) is 0 Å². The van der Waals surface area contributed by atoms with Gasteiger partial charge >= 0.3 is 6.09 Å². The van der Waals surface area contributed by atoms with Gasteiger partial charge in [0.25, 0.3) is 0 Å². The topological polar surface area (TPSA) is 81.5 Å². The first kappa shape index (κ1) is 25.7. The summed E-state index contributed by atoms with van der Waals surface area (Å²) in [6.07, 6.45) is 2.62. The Bertz CT molecular complexity index is 989. The quantitative estimate of drug-likeness (QED) is 0.314. The van der Waals surface area contributed by atoms with Gasteiger partial charge in [0.15, 0.2) is 11.5 Å². The number of likely N-dealkylation sites (tertiary alicyclic amines) is 1. The summed E-state index contributed by atoms with van der Waals surface area (Å²) in [4.78, 5) is 22.6. The summed E-state index contributed by atoms with van der Waals surface area (Å²) >= 11 is 6.18. The molecule has 184 valence electrons. The number of nitrogens with one attached hydrogen (secondary N) is 1. The molecule has 1 saturated heterocycles. The van der Waals surface area contributed by atoms with Crippen LogP contribution >= 0.6 is 11.6 Å². The van der Waals surface area contributed by atoms with Crippen molar-refractivity contribution in [3.05, 3.63) is 17.3 Å². The average molecular weight is 500 g/mol. The number of amides is 1. The molecule has 0 aromatic carbocycles. The summed E-state index contributed by atoms with van der Waals surface area (Å²) in [5.74, 6) is -0.128. The zero-order chi connectivity index (χ0) is 24.4. The van der Waals surface area contributed by atoms with E-state index in [4.69, 9.17) is 21.1 Å². The van der Waals surface area contributed by atoms with Crippen LogP contribution in [0.25, 0.3) is 11.0 Å². The number of carbonyl (C=O) groups excluding carboxylic acids is 1. The molecule has 0 saturated carbocycles. The number of hydrogen-bond donors (Lipinski definition) is 1. The highest BCUT2D eigenvalue weighted by Gasteiger charge is 2.29. The predicted octanol–water partition coefficient (Wildman–Crippen LogP) is 5.35. The monoisotopic (exact) mass is 499 g/mol. The smallest absolute Gasteiger partial charge is 0.410 e. The SMILES string of the molecule is CC(C)(C)OC(=O)N1CCC[C@@H](Nc2nc(Cl)nc3c2c(F)cn3COCC[Si](C)(C)C)C1. The fourth-order valence-corrected chi connectivity index (χ4v) is 4.56. The van der Waals surface area contributed by atoms with Crippen molar-refractivity contribution in [3.8, 4) is 0 Å². The van der Waals surface area contributed by atoms with E-state index in [0.29, 0.717) is 31.2 Å². The van der Waals surface area contributed by atoms with E-state index >= 15 is 0 Å². The van der Waals surface area contributed by atoms with Crippen LogP contribution in [0.15, 0.2) is 6.20 Å². The Labute approximate surface area is 200 Å². The van der Waals surface area contributed by atoms with Gasteiger partial charge in [-0.15, -0.1) is 0 Å². The molecule has 2 aromatic heterocycles. The summed E-state index contributed by atoms with van der Waals surface area (Å²) < 4.78 is 27.8. The second-order valence-corrected chi connectivity index (χ2v) is 16.7. The van der Waals surface area contributed by atoms with E-state index in [0.717, 1.165) is 18.9 Å². The lowest BCUT2D eigenvalue weighted by Gasteiger charge is -2.34. The Morgan fingerprint density at radius 2 is 2.06 bits per heavy atom. The number of rotatable bonds is 7. The van der Waals surface area contributed by atoms with E-state index in [1.54, 1.807) is 9.47 Å². The molecule has 1 N–H and O–H groups in total. The number of carbonyl (C=O) groups is 1. The van der Waals surface area contributed by atoms with Crippen molar-refractivity contribution in [1.82, 2.24) is 19.4 Å². The van der Waals surface area contributed by atoms with Crippen LogP contribution in [0.5, 0.6) is 0 Å². The minimum atomic E-state index is -1.22. The molecule has 1 atom stereocenters. The lowest BCUT2D eigenvalue weighted by molar-refractivity contribution is 0.0206. The van der Waals surface area contributed by atoms with Gasteiger partial charge in [-0.2, -0.15) is 9.97 Å². The number of anilines is 1. The number of piperidine rings is 1. The number of ether oxygens (including phenoxy) is 2. The molecule has 1 aliphatic heterocycles. The zero-order valence-electron chi connectivity index (χ0n) is 20.4. The first-order chi connectivity index (χ1) is 15.3. The second kappa shape index (κ2) is 10.1. The molecule has 0 spiro atoms. The van der Waals surface area contributed by atoms with Gasteiger partial charge in [-0.25, -0.2) is 9.18 Å². The summed E-state index contributed by atoms with van der Waals surface area (Å²) in [6, 6.07) is 0.906. The fourth-order valence-electron chi connectivity index (χ4n) is 3.64. The van der Waals surface area contributed by atoms with Crippen LogP contribution in [-0.2, 0) is 16.2 Å². The first-order valence-electron chi connectivity index (χ1n) is 11.4. The van der Waals surface area contributed by atoms with E-state index in [-0.39, 0.29) is 29.5 Å². The molecule has 0 bridgehead atoms. The van der Waals surface area contributed by atoms with E-state index in [1.165, 1.54) is 6.20 Å². The highest BCUT2D eigenvalue weighted by molar-refractivity contribution is 6.76. The highest BCUT2D eigenvalue weighted by Crippen LogP contribution is 2.29. The van der Waals surface area contributed by atoms with Crippen LogP contribution in [-0.4, -0.2) is 64.9 Å². The maximum absolute atomic E-state index is 14.9. The summed E-state index contributed by atoms with van der Waals surface area (Å²) in [5, 5.41) is 3.57. The fraction of sp³-hybridized carbons (Fsp3) is 0.682. The van der Waals surface area contributed by atoms with Crippen molar-refractivity contribution in [2.24, 2.45) is 0 Å². The molecule has 1 fully saturated rings. The lowest BCUT2D eigenvalue weighted by Crippen LogP contribution is -2.47. The maximum Gasteiger partial charge on any atom is 0.410 e. The van der Waals surface area contributed by atoms with E-state index in [2.05, 4.69) is 34.9 Å². The van der Waals surface area contributed by atoms with Gasteiger partial charge < -0.3 is 24.3 Å². The van der Waals surface area contributed by atoms with Gasteiger partial charge in [0.1, 0.15) is 18.1 Å². The number of hydrogen-bond acceptors (Lipinski definition) is 6. The molecule has 3 heterocycles. The Kier molecular flexibility index (Phi) is 7.90. The molecule has 3 rings (SSSR count). The van der Waals surface area contributed by atoms with Crippen molar-refractivity contribution >= 4 is 42.6 Å². The van der Waals surface area contributed by atoms with Crippen molar-refractivity contribution in [2.75, 3.05) is 25.0 Å². The van der Waals surface area contributed by atoms with E-state index in [9.17, 15) is 9.18 Å². The number of aromatic nitrogens is 3. The number of nitrogens with zero attached hydrogens (tertiary/aromatic N) is 4. The molecule has 0 aliphatic carbocycles. The molecule has 1 aliphatic rings. The Hall–Kier alpha value is -1.91. The van der Waals surface area contributed by atoms with Crippen LogP contribution in [0.1, 0.15) is 33.6 Å². The standard InChI is InChI=1S/C22H35ClFN5O3Si/c1-22(2,3)32-21(30)28-9-7-8-15(12-28)25-18-17-16(24)13-29(19(17)27-20(23)26-18)14-31-10-11-33(4,5)6/h13,15H,7-12,14H2,1-6H3,(H,25,26,27)/t15-/m1/s1. The Balaban J connectivity index is 1.74. The van der Waals surface area contributed by atoms with Gasteiger partial charge in [0.2, 0.25) is 5.28 Å². The lowest BCUT2D eigenvalue weighted by atomic mass is 10.1. The Morgan fingerprint density at radius 3 is 2.73 bits per heavy atom. The van der Waals surface area contributed by atoms with Crippen LogP contribution < -0.4 is 5.32 Å². The number of fused-ring (bicyclic) bond motifs is 1. The minimum Gasteiger partial charge on any atom is -0.444 e. The first-order valence-corrected chi connectivity index (χ1v) is 15.4. The normalized spacial score (nSPS) is 17.5. The van der Waals surface area contributed by atoms with Crippen molar-refractivity contribution < 1.29 is 18.7 Å². The summed E-state index contributed by atoms with van der Waals surface area (Å²) in [5.41, 5.74) is -0.185. The largest absolute Gasteiger partial charge is 0.444 e. The molecular formula is C22H35ClFN5O3Si. The molecule has 33 heavy (non-hydrogen) atoms. The molecule has 8 nitrogen and oxygen atoms in total. The molecule has 0 unspecified atom stereocenters. The number of halogens is 2. The summed E-state index contributed by atoms with van der Waals surface area (Å²) in [7, 11) is -1.22. The van der Waals surface area contributed by atoms with Crippen LogP contribution in [0.2, 0.25) is 31.0 Å². The van der Waals surface area contributed by atoms with E-state index < -0.39 is 19.5 Å². The third-order valence-corrected chi connectivity index (χ3v) is 7.16. The van der Waals surface area contributed by atoms with Crippen molar-refractivity contribution in [3.63, 3.8) is 0 Å². The third-order valence-electron chi connectivity index (χ3n) is 5.28. The highest BCUT2D eigenvalue weighted by atomic mass is 35.5. The van der Waals surface area contributed by atoms with Gasteiger partial charge in [-0.1, -0.05) is 19.6 Å². The zero-order valence-corrected chi connectivity index (χ0v) is 22.1. The molecule has 0 radical (unpaired) electrons. The van der Waals surface area contributed by atoms with Gasteiger partial charge in [-0.05, 0) is 51.3 Å². The third kappa shape index (κ3) is 7.28. The van der Waals surface area contributed by atoms with Gasteiger partial charge in [-0.3, -0.25) is 0 Å². The minimum absolute atomic E-state index is 0.0197. The molecular weight excluding hydrogens is 465 g/mol.